The van der Waals surface area contributed by atoms with Crippen molar-refractivity contribution in [3.63, 3.8) is 0 Å². The second-order valence-corrected chi connectivity index (χ2v) is 2.47. The van der Waals surface area contributed by atoms with E-state index < -0.39 is 0 Å². The van der Waals surface area contributed by atoms with Crippen molar-refractivity contribution in [2.45, 2.75) is 33.2 Å². The molecule has 0 saturated carbocycles. The van der Waals surface area contributed by atoms with Crippen LogP contribution in [0.2, 0.25) is 0 Å². The molecule has 9 heavy (non-hydrogen) atoms. The van der Waals surface area contributed by atoms with Gasteiger partial charge in [0, 0.05) is 12.5 Å². The summed E-state index contributed by atoms with van der Waals surface area (Å²) in [5.41, 5.74) is 5.61. The predicted octanol–water partition coefficient (Wildman–Crippen LogP) is 1.38. The molecule has 2 atom stereocenters. The Morgan fingerprint density at radius 2 is 2.00 bits per heavy atom. The first-order valence-electron chi connectivity index (χ1n) is 3.33. The first kappa shape index (κ1) is 8.52. The van der Waals surface area contributed by atoms with Crippen LogP contribution in [0.25, 0.3) is 0 Å². The van der Waals surface area contributed by atoms with Crippen LogP contribution in [0.3, 0.4) is 0 Å². The lowest BCUT2D eigenvalue weighted by Crippen LogP contribution is -2.23. The number of hydrogen-bond donors (Lipinski definition) is 1. The largest absolute Gasteiger partial charge is 0.328 e. The van der Waals surface area contributed by atoms with Crippen LogP contribution in [0, 0.1) is 17.8 Å². The van der Waals surface area contributed by atoms with Gasteiger partial charge >= 0.3 is 0 Å². The third kappa shape index (κ3) is 4.05. The Hall–Kier alpha value is -0.480. The summed E-state index contributed by atoms with van der Waals surface area (Å²) in [6.07, 6.45) is 0.925. The van der Waals surface area contributed by atoms with Gasteiger partial charge in [-0.15, -0.1) is 11.8 Å². The van der Waals surface area contributed by atoms with Crippen LogP contribution in [-0.4, -0.2) is 6.04 Å². The van der Waals surface area contributed by atoms with Crippen LogP contribution in [0.4, 0.5) is 0 Å². The molecule has 0 radical (unpaired) electrons. The van der Waals surface area contributed by atoms with Crippen LogP contribution < -0.4 is 5.73 Å². The first-order valence-corrected chi connectivity index (χ1v) is 3.33. The molecule has 1 nitrogen and oxygen atoms in total. The lowest BCUT2D eigenvalue weighted by molar-refractivity contribution is 0.496. The van der Waals surface area contributed by atoms with Gasteiger partial charge in [0.1, 0.15) is 0 Å². The molecule has 0 amide bonds. The molecule has 0 saturated heterocycles. The van der Waals surface area contributed by atoms with Crippen molar-refractivity contribution in [3.05, 3.63) is 0 Å². The topological polar surface area (TPSA) is 26.0 Å². The summed E-state index contributed by atoms with van der Waals surface area (Å²) >= 11 is 0. The fourth-order valence-electron chi connectivity index (χ4n) is 0.449. The summed E-state index contributed by atoms with van der Waals surface area (Å²) in [5.74, 6) is 6.37. The molecular weight excluding hydrogens is 110 g/mol. The van der Waals surface area contributed by atoms with E-state index in [2.05, 4.69) is 18.8 Å². The predicted molar refractivity (Wildman–Crippen MR) is 40.9 cm³/mol. The Kier molecular flexibility index (Phi) is 4.17. The molecule has 0 aromatic carbocycles. The molecule has 0 aliphatic carbocycles. The van der Waals surface area contributed by atoms with Gasteiger partial charge in [0.05, 0.1) is 0 Å². The Bertz CT molecular complexity index is 116. The van der Waals surface area contributed by atoms with Crippen molar-refractivity contribution >= 4 is 0 Å². The Labute approximate surface area is 57.6 Å². The SMILES string of the molecule is CC#CCC(C)C(C)N. The van der Waals surface area contributed by atoms with E-state index in [1.807, 2.05) is 13.8 Å². The molecule has 0 aliphatic heterocycles. The summed E-state index contributed by atoms with van der Waals surface area (Å²) in [5, 5.41) is 0. The second-order valence-electron chi connectivity index (χ2n) is 2.47. The van der Waals surface area contributed by atoms with E-state index in [0.717, 1.165) is 6.42 Å². The zero-order valence-electron chi connectivity index (χ0n) is 6.44. The molecule has 0 aliphatic rings. The van der Waals surface area contributed by atoms with E-state index in [1.54, 1.807) is 0 Å². The van der Waals surface area contributed by atoms with E-state index >= 15 is 0 Å². The molecule has 2 unspecified atom stereocenters. The Morgan fingerprint density at radius 1 is 1.44 bits per heavy atom. The Morgan fingerprint density at radius 3 is 2.33 bits per heavy atom. The summed E-state index contributed by atoms with van der Waals surface area (Å²) in [6.45, 7) is 5.99. The summed E-state index contributed by atoms with van der Waals surface area (Å²) in [7, 11) is 0. The van der Waals surface area contributed by atoms with Crippen LogP contribution in [-0.2, 0) is 0 Å². The Balaban J connectivity index is 3.46. The third-order valence-electron chi connectivity index (χ3n) is 1.50. The van der Waals surface area contributed by atoms with Gasteiger partial charge in [-0.1, -0.05) is 6.92 Å². The summed E-state index contributed by atoms with van der Waals surface area (Å²) in [4.78, 5) is 0. The maximum Gasteiger partial charge on any atom is 0.0129 e. The van der Waals surface area contributed by atoms with Crippen molar-refractivity contribution in [3.8, 4) is 11.8 Å². The molecule has 0 heterocycles. The van der Waals surface area contributed by atoms with E-state index in [0.29, 0.717) is 5.92 Å². The maximum atomic E-state index is 5.61. The highest BCUT2D eigenvalue weighted by atomic mass is 14.6. The fraction of sp³-hybridized carbons (Fsp3) is 0.750. The van der Waals surface area contributed by atoms with Crippen LogP contribution in [0.5, 0.6) is 0 Å². The first-order chi connectivity index (χ1) is 4.18. The van der Waals surface area contributed by atoms with Gasteiger partial charge in [-0.2, -0.15) is 0 Å². The van der Waals surface area contributed by atoms with E-state index in [4.69, 9.17) is 5.73 Å². The molecule has 1 heteroatoms. The quantitative estimate of drug-likeness (QED) is 0.554. The molecule has 0 spiro atoms. The van der Waals surface area contributed by atoms with E-state index in [-0.39, 0.29) is 6.04 Å². The van der Waals surface area contributed by atoms with Gasteiger partial charge in [0.25, 0.3) is 0 Å². The molecule has 0 bridgehead atoms. The molecule has 2 N–H and O–H groups in total. The molecule has 0 aromatic rings. The highest BCUT2D eigenvalue weighted by Gasteiger charge is 2.03. The van der Waals surface area contributed by atoms with Crippen molar-refractivity contribution < 1.29 is 0 Å². The maximum absolute atomic E-state index is 5.61. The smallest absolute Gasteiger partial charge is 0.0129 e. The van der Waals surface area contributed by atoms with Crippen molar-refractivity contribution in [1.29, 1.82) is 0 Å². The fourth-order valence-corrected chi connectivity index (χ4v) is 0.449. The standard InChI is InChI=1S/C8H15N/c1-4-5-6-7(2)8(3)9/h7-8H,6,9H2,1-3H3. The van der Waals surface area contributed by atoms with Gasteiger partial charge in [-0.05, 0) is 19.8 Å². The molecule has 0 rings (SSSR count). The van der Waals surface area contributed by atoms with Gasteiger partial charge in [0.2, 0.25) is 0 Å². The van der Waals surface area contributed by atoms with Crippen LogP contribution in [0.15, 0.2) is 0 Å². The minimum atomic E-state index is 0.269. The normalized spacial score (nSPS) is 15.6. The molecule has 0 fully saturated rings. The monoisotopic (exact) mass is 125 g/mol. The van der Waals surface area contributed by atoms with Crippen molar-refractivity contribution in [2.75, 3.05) is 0 Å². The van der Waals surface area contributed by atoms with Gasteiger partial charge in [-0.25, -0.2) is 0 Å². The molecular formula is C8H15N. The molecule has 0 aromatic heterocycles. The van der Waals surface area contributed by atoms with Gasteiger partial charge < -0.3 is 5.73 Å². The number of rotatable bonds is 2. The number of nitrogens with two attached hydrogens (primary N) is 1. The van der Waals surface area contributed by atoms with Crippen molar-refractivity contribution in [2.24, 2.45) is 11.7 Å². The zero-order chi connectivity index (χ0) is 7.28. The molecule has 52 valence electrons. The third-order valence-corrected chi connectivity index (χ3v) is 1.50. The highest BCUT2D eigenvalue weighted by molar-refractivity contribution is 4.96. The average molecular weight is 125 g/mol. The van der Waals surface area contributed by atoms with Crippen molar-refractivity contribution in [1.82, 2.24) is 0 Å². The van der Waals surface area contributed by atoms with Crippen LogP contribution in [0.1, 0.15) is 27.2 Å². The minimum absolute atomic E-state index is 0.269. The van der Waals surface area contributed by atoms with E-state index in [9.17, 15) is 0 Å². The zero-order valence-corrected chi connectivity index (χ0v) is 6.44. The van der Waals surface area contributed by atoms with Gasteiger partial charge in [-0.3, -0.25) is 0 Å². The van der Waals surface area contributed by atoms with Gasteiger partial charge in [0.15, 0.2) is 0 Å². The van der Waals surface area contributed by atoms with Crippen LogP contribution >= 0.6 is 0 Å². The second kappa shape index (κ2) is 4.40. The highest BCUT2D eigenvalue weighted by Crippen LogP contribution is 2.03. The summed E-state index contributed by atoms with van der Waals surface area (Å²) in [6, 6.07) is 0.269. The number of hydrogen-bond acceptors (Lipinski definition) is 1. The average Bonchev–Trinajstić information content (AvgIpc) is 1.82. The minimum Gasteiger partial charge on any atom is -0.328 e. The lowest BCUT2D eigenvalue weighted by atomic mass is 10.0. The van der Waals surface area contributed by atoms with E-state index in [1.165, 1.54) is 0 Å². The lowest BCUT2D eigenvalue weighted by Gasteiger charge is -2.10. The summed E-state index contributed by atoms with van der Waals surface area (Å²) < 4.78 is 0.